The third-order valence-corrected chi connectivity index (χ3v) is 4.63. The van der Waals surface area contributed by atoms with Crippen LogP contribution < -0.4 is 16.0 Å². The molecule has 0 radical (unpaired) electrons. The smallest absolute Gasteiger partial charge is 0.262 e. The lowest BCUT2D eigenvalue weighted by Gasteiger charge is -2.09. The van der Waals surface area contributed by atoms with Gasteiger partial charge in [0.15, 0.2) is 18.3 Å². The molecule has 9 nitrogen and oxygen atoms in total. The molecule has 0 fully saturated rings. The Labute approximate surface area is 166 Å². The molecule has 0 aliphatic carbocycles. The van der Waals surface area contributed by atoms with Crippen LogP contribution in [0.25, 0.3) is 16.7 Å². The summed E-state index contributed by atoms with van der Waals surface area (Å²) in [4.78, 5) is 18.1. The molecular formula is C20H20N6O3. The second-order valence-electron chi connectivity index (χ2n) is 6.30. The molecule has 2 heterocycles. The first kappa shape index (κ1) is 18.5. The number of rotatable bonds is 6. The van der Waals surface area contributed by atoms with Crippen LogP contribution in [0, 0.1) is 0 Å². The highest BCUT2D eigenvalue weighted by Crippen LogP contribution is 2.15. The number of fused-ring (bicyclic) bond motifs is 3. The van der Waals surface area contributed by atoms with Crippen LogP contribution >= 0.6 is 0 Å². The number of hydrogen-bond acceptors (Lipinski definition) is 6. The van der Waals surface area contributed by atoms with Crippen LogP contribution in [0.15, 0.2) is 58.5 Å². The zero-order valence-electron chi connectivity index (χ0n) is 16.1. The largest absolute Gasteiger partial charge is 0.497 e. The second-order valence-corrected chi connectivity index (χ2v) is 6.30. The molecule has 2 N–H and O–H groups in total. The van der Waals surface area contributed by atoms with Crippen LogP contribution in [-0.4, -0.2) is 32.1 Å². The van der Waals surface area contributed by atoms with E-state index in [1.54, 1.807) is 46.4 Å². The summed E-state index contributed by atoms with van der Waals surface area (Å²) in [5.41, 5.74) is 7.32. The number of amidine groups is 1. The monoisotopic (exact) mass is 392 g/mol. The number of hydrogen-bond donors (Lipinski definition) is 1. The summed E-state index contributed by atoms with van der Waals surface area (Å²) in [5.74, 6) is 1.94. The van der Waals surface area contributed by atoms with Crippen molar-refractivity contribution in [2.24, 2.45) is 10.9 Å². The first-order valence-corrected chi connectivity index (χ1v) is 9.09. The molecule has 0 unspecified atom stereocenters. The number of nitrogens with two attached hydrogens (primary N) is 1. The summed E-state index contributed by atoms with van der Waals surface area (Å²) in [5, 5.41) is 12.9. The molecule has 0 aliphatic heterocycles. The van der Waals surface area contributed by atoms with Gasteiger partial charge in [-0.25, -0.2) is 0 Å². The summed E-state index contributed by atoms with van der Waals surface area (Å²) in [7, 11) is 1.60. The topological polar surface area (TPSA) is 109 Å². The quantitative estimate of drug-likeness (QED) is 0.305. The van der Waals surface area contributed by atoms with Gasteiger partial charge in [0.05, 0.1) is 18.0 Å². The Morgan fingerprint density at radius 3 is 2.62 bits per heavy atom. The zero-order valence-corrected chi connectivity index (χ0v) is 16.1. The van der Waals surface area contributed by atoms with Gasteiger partial charge in [-0.05, 0) is 43.3 Å². The lowest BCUT2D eigenvalue weighted by Crippen LogP contribution is -2.22. The Hall–Kier alpha value is -3.88. The number of oxime groups is 1. The molecule has 0 saturated carbocycles. The standard InChI is InChI=1S/C20H20N6O3/c1-3-25-19(27)15-6-4-5-7-16(15)26-17(22-23-20(25)26)12-29-24-18(21)13-8-10-14(28-2)11-9-13/h4-11H,3,12H2,1-2H3,(H2,21,24). The highest BCUT2D eigenvalue weighted by atomic mass is 16.6. The fourth-order valence-electron chi connectivity index (χ4n) is 3.17. The third kappa shape index (κ3) is 3.27. The van der Waals surface area contributed by atoms with Gasteiger partial charge in [-0.15, -0.1) is 10.2 Å². The maximum Gasteiger partial charge on any atom is 0.262 e. The van der Waals surface area contributed by atoms with E-state index in [1.807, 2.05) is 25.1 Å². The van der Waals surface area contributed by atoms with Crippen molar-refractivity contribution < 1.29 is 9.57 Å². The molecule has 4 aromatic rings. The van der Waals surface area contributed by atoms with Crippen LogP contribution in [-0.2, 0) is 18.0 Å². The van der Waals surface area contributed by atoms with Gasteiger partial charge in [-0.3, -0.25) is 13.8 Å². The Morgan fingerprint density at radius 1 is 1.14 bits per heavy atom. The molecule has 4 rings (SSSR count). The van der Waals surface area contributed by atoms with E-state index in [0.29, 0.717) is 34.6 Å². The SMILES string of the molecule is CCn1c(=O)c2ccccc2n2c(CO/N=C(/N)c3ccc(OC)cc3)nnc12. The lowest BCUT2D eigenvalue weighted by molar-refractivity contribution is 0.124. The molecule has 148 valence electrons. The minimum Gasteiger partial charge on any atom is -0.497 e. The van der Waals surface area contributed by atoms with Gasteiger partial charge in [-0.2, -0.15) is 0 Å². The lowest BCUT2D eigenvalue weighted by atomic mass is 10.2. The van der Waals surface area contributed by atoms with Crippen molar-refractivity contribution in [2.75, 3.05) is 7.11 Å². The number of para-hydroxylation sites is 1. The van der Waals surface area contributed by atoms with E-state index in [9.17, 15) is 4.79 Å². The van der Waals surface area contributed by atoms with Crippen LogP contribution in [0.1, 0.15) is 18.3 Å². The first-order valence-electron chi connectivity index (χ1n) is 9.09. The van der Waals surface area contributed by atoms with Crippen LogP contribution in [0.4, 0.5) is 0 Å². The van der Waals surface area contributed by atoms with Crippen LogP contribution in [0.3, 0.4) is 0 Å². The molecule has 0 spiro atoms. The summed E-state index contributed by atoms with van der Waals surface area (Å²) < 4.78 is 8.51. The number of nitrogens with zero attached hydrogens (tertiary/aromatic N) is 5. The molecule has 0 amide bonds. The average Bonchev–Trinajstić information content (AvgIpc) is 3.18. The van der Waals surface area contributed by atoms with E-state index in [1.165, 1.54) is 0 Å². The molecule has 29 heavy (non-hydrogen) atoms. The summed E-state index contributed by atoms with van der Waals surface area (Å²) >= 11 is 0. The van der Waals surface area contributed by atoms with Crippen molar-refractivity contribution in [3.8, 4) is 5.75 Å². The van der Waals surface area contributed by atoms with Gasteiger partial charge >= 0.3 is 0 Å². The number of aromatic nitrogens is 4. The van der Waals surface area contributed by atoms with E-state index in [2.05, 4.69) is 15.4 Å². The second kappa shape index (κ2) is 7.63. The first-order chi connectivity index (χ1) is 14.1. The fraction of sp³-hybridized carbons (Fsp3) is 0.200. The van der Waals surface area contributed by atoms with Crippen LogP contribution in [0.5, 0.6) is 5.75 Å². The zero-order chi connectivity index (χ0) is 20.4. The molecule has 9 heteroatoms. The fourth-order valence-corrected chi connectivity index (χ4v) is 3.17. The molecule has 2 aromatic carbocycles. The van der Waals surface area contributed by atoms with E-state index in [-0.39, 0.29) is 18.0 Å². The minimum atomic E-state index is -0.0998. The van der Waals surface area contributed by atoms with Crippen molar-refractivity contribution in [3.63, 3.8) is 0 Å². The number of aryl methyl sites for hydroxylation is 1. The van der Waals surface area contributed by atoms with E-state index in [0.717, 1.165) is 5.75 Å². The highest BCUT2D eigenvalue weighted by molar-refractivity contribution is 5.97. The van der Waals surface area contributed by atoms with E-state index < -0.39 is 0 Å². The predicted molar refractivity (Wildman–Crippen MR) is 109 cm³/mol. The van der Waals surface area contributed by atoms with Gasteiger partial charge in [0, 0.05) is 12.1 Å². The highest BCUT2D eigenvalue weighted by Gasteiger charge is 2.15. The van der Waals surface area contributed by atoms with Gasteiger partial charge in [0.1, 0.15) is 5.75 Å². The Morgan fingerprint density at radius 2 is 1.90 bits per heavy atom. The molecule has 0 saturated heterocycles. The van der Waals surface area contributed by atoms with Crippen molar-refractivity contribution >= 4 is 22.5 Å². The molecule has 2 aromatic heterocycles. The van der Waals surface area contributed by atoms with Crippen molar-refractivity contribution in [1.82, 2.24) is 19.2 Å². The molecular weight excluding hydrogens is 372 g/mol. The summed E-state index contributed by atoms with van der Waals surface area (Å²) in [6, 6.07) is 14.5. The predicted octanol–water partition coefficient (Wildman–Crippen LogP) is 1.91. The summed E-state index contributed by atoms with van der Waals surface area (Å²) in [6.07, 6.45) is 0. The number of benzene rings is 2. The number of ether oxygens (including phenoxy) is 1. The molecule has 0 aliphatic rings. The summed E-state index contributed by atoms with van der Waals surface area (Å²) in [6.45, 7) is 2.42. The van der Waals surface area contributed by atoms with Crippen molar-refractivity contribution in [2.45, 2.75) is 20.1 Å². The molecule has 0 atom stereocenters. The maximum absolute atomic E-state index is 12.7. The van der Waals surface area contributed by atoms with Gasteiger partial charge in [0.2, 0.25) is 5.78 Å². The minimum absolute atomic E-state index is 0.0456. The Bertz CT molecular complexity index is 1260. The third-order valence-electron chi connectivity index (χ3n) is 4.63. The Kier molecular flexibility index (Phi) is 4.86. The van der Waals surface area contributed by atoms with Gasteiger partial charge < -0.3 is 15.3 Å². The van der Waals surface area contributed by atoms with Crippen molar-refractivity contribution in [3.05, 3.63) is 70.3 Å². The van der Waals surface area contributed by atoms with Crippen molar-refractivity contribution in [1.29, 1.82) is 0 Å². The van der Waals surface area contributed by atoms with Gasteiger partial charge in [0.25, 0.3) is 5.56 Å². The normalized spacial score (nSPS) is 11.9. The average molecular weight is 392 g/mol. The number of methoxy groups -OCH3 is 1. The van der Waals surface area contributed by atoms with Gasteiger partial charge in [-0.1, -0.05) is 17.3 Å². The Balaban J connectivity index is 1.66. The molecule has 0 bridgehead atoms. The van der Waals surface area contributed by atoms with E-state index >= 15 is 0 Å². The van der Waals surface area contributed by atoms with Crippen LogP contribution in [0.2, 0.25) is 0 Å². The maximum atomic E-state index is 12.7. The van der Waals surface area contributed by atoms with E-state index in [4.69, 9.17) is 15.3 Å².